The van der Waals surface area contributed by atoms with Gasteiger partial charge in [0.1, 0.15) is 5.75 Å². The zero-order chi connectivity index (χ0) is 17.8. The molecule has 1 aliphatic rings. The van der Waals surface area contributed by atoms with Crippen molar-refractivity contribution in [1.82, 2.24) is 0 Å². The fourth-order valence-electron chi connectivity index (χ4n) is 3.61. The molecule has 1 aliphatic carbocycles. The van der Waals surface area contributed by atoms with Crippen LogP contribution in [0.2, 0.25) is 0 Å². The molecule has 0 heterocycles. The summed E-state index contributed by atoms with van der Waals surface area (Å²) in [5, 5.41) is 9.14. The predicted molar refractivity (Wildman–Crippen MR) is 100 cm³/mol. The number of carbonyl (C=O) groups is 1. The van der Waals surface area contributed by atoms with Gasteiger partial charge < -0.3 is 9.84 Å². The SMILES string of the molecule is CC(C)c1ccccc1-c1cc(CC(=O)O)ccc1OC1CCCC1. The number of ether oxygens (including phenoxy) is 1. The second-order valence-corrected chi connectivity index (χ2v) is 7.17. The zero-order valence-electron chi connectivity index (χ0n) is 15.0. The molecule has 0 aliphatic heterocycles. The average Bonchev–Trinajstić information content (AvgIpc) is 3.09. The Morgan fingerprint density at radius 2 is 1.84 bits per heavy atom. The third-order valence-electron chi connectivity index (χ3n) is 4.87. The number of carboxylic acid groups (broad SMARTS) is 1. The largest absolute Gasteiger partial charge is 0.490 e. The molecule has 1 N–H and O–H groups in total. The number of hydrogen-bond acceptors (Lipinski definition) is 2. The van der Waals surface area contributed by atoms with Crippen molar-refractivity contribution in [2.24, 2.45) is 0 Å². The number of rotatable bonds is 6. The summed E-state index contributed by atoms with van der Waals surface area (Å²) in [6, 6.07) is 14.1. The second kappa shape index (κ2) is 7.73. The van der Waals surface area contributed by atoms with Crippen LogP contribution in [-0.2, 0) is 11.2 Å². The molecular weight excluding hydrogens is 312 g/mol. The normalized spacial score (nSPS) is 14.8. The minimum atomic E-state index is -0.812. The topological polar surface area (TPSA) is 46.5 Å². The van der Waals surface area contributed by atoms with Crippen LogP contribution >= 0.6 is 0 Å². The van der Waals surface area contributed by atoms with Gasteiger partial charge in [0, 0.05) is 5.56 Å². The maximum atomic E-state index is 11.1. The number of benzene rings is 2. The van der Waals surface area contributed by atoms with Gasteiger partial charge in [-0.2, -0.15) is 0 Å². The van der Waals surface area contributed by atoms with E-state index >= 15 is 0 Å². The molecule has 0 radical (unpaired) electrons. The van der Waals surface area contributed by atoms with Crippen molar-refractivity contribution in [1.29, 1.82) is 0 Å². The van der Waals surface area contributed by atoms with Gasteiger partial charge in [-0.15, -0.1) is 0 Å². The first kappa shape index (κ1) is 17.5. The van der Waals surface area contributed by atoms with Gasteiger partial charge in [-0.25, -0.2) is 0 Å². The van der Waals surface area contributed by atoms with E-state index < -0.39 is 5.97 Å². The molecule has 25 heavy (non-hydrogen) atoms. The summed E-state index contributed by atoms with van der Waals surface area (Å²) in [4.78, 5) is 11.1. The van der Waals surface area contributed by atoms with Crippen LogP contribution in [0.1, 0.15) is 56.6 Å². The Bertz CT molecular complexity index is 743. The van der Waals surface area contributed by atoms with Crippen LogP contribution < -0.4 is 4.74 Å². The lowest BCUT2D eigenvalue weighted by Gasteiger charge is -2.20. The van der Waals surface area contributed by atoms with Crippen molar-refractivity contribution >= 4 is 5.97 Å². The molecule has 0 saturated heterocycles. The quantitative estimate of drug-likeness (QED) is 0.764. The molecular formula is C22H26O3. The second-order valence-electron chi connectivity index (χ2n) is 7.17. The fraction of sp³-hybridized carbons (Fsp3) is 0.409. The molecule has 132 valence electrons. The Hall–Kier alpha value is -2.29. The number of hydrogen-bond donors (Lipinski definition) is 1. The lowest BCUT2D eigenvalue weighted by atomic mass is 9.91. The third kappa shape index (κ3) is 4.22. The molecule has 0 spiro atoms. The molecule has 0 unspecified atom stereocenters. The third-order valence-corrected chi connectivity index (χ3v) is 4.87. The van der Waals surface area contributed by atoms with Crippen LogP contribution in [0.15, 0.2) is 42.5 Å². The van der Waals surface area contributed by atoms with Crippen LogP contribution in [0, 0.1) is 0 Å². The van der Waals surface area contributed by atoms with Gasteiger partial charge in [-0.05, 0) is 60.4 Å². The molecule has 1 fully saturated rings. The van der Waals surface area contributed by atoms with Crippen molar-refractivity contribution in [3.63, 3.8) is 0 Å². The van der Waals surface area contributed by atoms with Gasteiger partial charge in [0.25, 0.3) is 0 Å². The minimum Gasteiger partial charge on any atom is -0.490 e. The van der Waals surface area contributed by atoms with Crippen LogP contribution in [0.25, 0.3) is 11.1 Å². The molecule has 3 nitrogen and oxygen atoms in total. The average molecular weight is 338 g/mol. The van der Waals surface area contributed by atoms with Gasteiger partial charge in [0.15, 0.2) is 0 Å². The highest BCUT2D eigenvalue weighted by molar-refractivity contribution is 5.77. The Kier molecular flexibility index (Phi) is 5.42. The van der Waals surface area contributed by atoms with E-state index in [0.29, 0.717) is 5.92 Å². The molecule has 0 bridgehead atoms. The highest BCUT2D eigenvalue weighted by Crippen LogP contribution is 2.38. The van der Waals surface area contributed by atoms with Crippen LogP contribution in [0.5, 0.6) is 5.75 Å². The maximum Gasteiger partial charge on any atom is 0.307 e. The van der Waals surface area contributed by atoms with E-state index in [1.54, 1.807) is 0 Å². The van der Waals surface area contributed by atoms with Crippen LogP contribution in [0.3, 0.4) is 0 Å². The minimum absolute atomic E-state index is 0.0283. The lowest BCUT2D eigenvalue weighted by molar-refractivity contribution is -0.136. The van der Waals surface area contributed by atoms with E-state index in [-0.39, 0.29) is 12.5 Å². The molecule has 0 atom stereocenters. The van der Waals surface area contributed by atoms with E-state index in [4.69, 9.17) is 9.84 Å². The van der Waals surface area contributed by atoms with Crippen molar-refractivity contribution in [2.45, 2.75) is 58.0 Å². The smallest absolute Gasteiger partial charge is 0.307 e. The van der Waals surface area contributed by atoms with E-state index in [1.165, 1.54) is 18.4 Å². The summed E-state index contributed by atoms with van der Waals surface area (Å²) in [5.74, 6) is 0.445. The van der Waals surface area contributed by atoms with Gasteiger partial charge >= 0.3 is 5.97 Å². The Labute approximate surface area is 149 Å². The van der Waals surface area contributed by atoms with Crippen molar-refractivity contribution in [3.05, 3.63) is 53.6 Å². The van der Waals surface area contributed by atoms with Crippen LogP contribution in [-0.4, -0.2) is 17.2 Å². The Morgan fingerprint density at radius 1 is 1.12 bits per heavy atom. The first-order valence-electron chi connectivity index (χ1n) is 9.15. The molecule has 0 aromatic heterocycles. The summed E-state index contributed by atoms with van der Waals surface area (Å²) in [5.41, 5.74) is 4.21. The van der Waals surface area contributed by atoms with E-state index in [1.807, 2.05) is 24.3 Å². The van der Waals surface area contributed by atoms with Gasteiger partial charge in [-0.3, -0.25) is 4.79 Å². The van der Waals surface area contributed by atoms with Crippen LogP contribution in [0.4, 0.5) is 0 Å². The van der Waals surface area contributed by atoms with Gasteiger partial charge in [-0.1, -0.05) is 44.2 Å². The summed E-state index contributed by atoms with van der Waals surface area (Å²) in [7, 11) is 0. The Morgan fingerprint density at radius 3 is 2.52 bits per heavy atom. The molecule has 2 aromatic carbocycles. The number of aliphatic carboxylic acids is 1. The van der Waals surface area contributed by atoms with Gasteiger partial charge in [0.05, 0.1) is 12.5 Å². The summed E-state index contributed by atoms with van der Waals surface area (Å²) in [6.45, 7) is 4.36. The summed E-state index contributed by atoms with van der Waals surface area (Å²) >= 11 is 0. The van der Waals surface area contributed by atoms with E-state index in [9.17, 15) is 4.79 Å². The molecule has 1 saturated carbocycles. The maximum absolute atomic E-state index is 11.1. The zero-order valence-corrected chi connectivity index (χ0v) is 15.0. The first-order valence-corrected chi connectivity index (χ1v) is 9.15. The molecule has 3 rings (SSSR count). The Balaban J connectivity index is 2.05. The monoisotopic (exact) mass is 338 g/mol. The highest BCUT2D eigenvalue weighted by atomic mass is 16.5. The number of carboxylic acids is 1. The predicted octanol–water partition coefficient (Wildman–Crippen LogP) is 5.43. The fourth-order valence-corrected chi connectivity index (χ4v) is 3.61. The summed E-state index contributed by atoms with van der Waals surface area (Å²) in [6.07, 6.45) is 4.94. The van der Waals surface area contributed by atoms with Gasteiger partial charge in [0.2, 0.25) is 0 Å². The summed E-state index contributed by atoms with van der Waals surface area (Å²) < 4.78 is 6.31. The van der Waals surface area contributed by atoms with Crippen molar-refractivity contribution in [2.75, 3.05) is 0 Å². The molecule has 2 aromatic rings. The molecule has 0 amide bonds. The first-order chi connectivity index (χ1) is 12.0. The van der Waals surface area contributed by atoms with Crippen molar-refractivity contribution < 1.29 is 14.6 Å². The van der Waals surface area contributed by atoms with E-state index in [2.05, 4.69) is 32.0 Å². The highest BCUT2D eigenvalue weighted by Gasteiger charge is 2.20. The van der Waals surface area contributed by atoms with E-state index in [0.717, 1.165) is 35.3 Å². The lowest BCUT2D eigenvalue weighted by Crippen LogP contribution is -2.12. The standard InChI is InChI=1S/C22H26O3/c1-15(2)18-9-5-6-10-19(18)20-13-16(14-22(23)24)11-12-21(20)25-17-7-3-4-8-17/h5-6,9-13,15,17H,3-4,7-8,14H2,1-2H3,(H,23,24). The molecule has 3 heteroatoms. The van der Waals surface area contributed by atoms with Crippen molar-refractivity contribution in [3.8, 4) is 16.9 Å².